The number of carbonyl (C=O) groups excluding carboxylic acids is 1. The zero-order chi connectivity index (χ0) is 14.5. The molecule has 1 fully saturated rings. The zero-order valence-electron chi connectivity index (χ0n) is 11.6. The number of benzene rings is 1. The summed E-state index contributed by atoms with van der Waals surface area (Å²) in [6, 6.07) is 6.22. The van der Waals surface area contributed by atoms with E-state index in [1.165, 1.54) is 17.4 Å². The number of anilines is 1. The average molecular weight is 278 g/mol. The molecule has 1 amide bonds. The summed E-state index contributed by atoms with van der Waals surface area (Å²) in [5.41, 5.74) is 0.204. The van der Waals surface area contributed by atoms with Gasteiger partial charge in [-0.05, 0) is 18.9 Å². The van der Waals surface area contributed by atoms with Crippen LogP contribution in [0.15, 0.2) is 24.3 Å². The van der Waals surface area contributed by atoms with E-state index in [4.69, 9.17) is 0 Å². The molecular weight excluding hydrogens is 258 g/mol. The fourth-order valence-electron chi connectivity index (χ4n) is 2.72. The van der Waals surface area contributed by atoms with Gasteiger partial charge in [0.15, 0.2) is 6.54 Å². The molecule has 0 saturated carbocycles. The topological polar surface area (TPSA) is 76.7 Å². The molecule has 2 atom stereocenters. The maximum absolute atomic E-state index is 12.0. The van der Waals surface area contributed by atoms with E-state index in [1.807, 2.05) is 0 Å². The Kier molecular flexibility index (Phi) is 4.68. The largest absolute Gasteiger partial charge is 0.327 e. The number of rotatable bonds is 4. The van der Waals surface area contributed by atoms with Gasteiger partial charge in [-0.15, -0.1) is 0 Å². The normalized spacial score (nSPS) is 22.2. The predicted molar refractivity (Wildman–Crippen MR) is 75.7 cm³/mol. The first kappa shape index (κ1) is 14.5. The van der Waals surface area contributed by atoms with Crippen LogP contribution in [0.3, 0.4) is 0 Å². The fraction of sp³-hybridized carbons (Fsp3) is 0.500. The second-order valence-electron chi connectivity index (χ2n) is 5.45. The molecule has 0 aliphatic carbocycles. The van der Waals surface area contributed by atoms with Gasteiger partial charge in [0.05, 0.1) is 18.0 Å². The van der Waals surface area contributed by atoms with Gasteiger partial charge in [-0.3, -0.25) is 14.9 Å². The molecule has 0 aromatic heterocycles. The number of nitro groups is 1. The van der Waals surface area contributed by atoms with Crippen molar-refractivity contribution >= 4 is 17.3 Å². The third kappa shape index (κ3) is 3.77. The molecule has 1 heterocycles. The first-order chi connectivity index (χ1) is 9.56. The molecule has 1 aliphatic heterocycles. The van der Waals surface area contributed by atoms with Crippen molar-refractivity contribution in [2.75, 3.05) is 25.0 Å². The lowest BCUT2D eigenvalue weighted by Gasteiger charge is -2.27. The van der Waals surface area contributed by atoms with Crippen LogP contribution in [0.1, 0.15) is 19.8 Å². The van der Waals surface area contributed by atoms with Crippen LogP contribution in [-0.4, -0.2) is 30.5 Å². The summed E-state index contributed by atoms with van der Waals surface area (Å²) < 4.78 is 0. The molecule has 0 radical (unpaired) electrons. The molecular formula is C14H20N3O3+. The van der Waals surface area contributed by atoms with Crippen molar-refractivity contribution < 1.29 is 14.6 Å². The van der Waals surface area contributed by atoms with Gasteiger partial charge < -0.3 is 10.2 Å². The summed E-state index contributed by atoms with van der Waals surface area (Å²) in [5, 5.41) is 13.5. The van der Waals surface area contributed by atoms with Gasteiger partial charge >= 0.3 is 0 Å². The third-order valence-corrected chi connectivity index (χ3v) is 3.65. The summed E-state index contributed by atoms with van der Waals surface area (Å²) >= 11 is 0. The van der Waals surface area contributed by atoms with Crippen LogP contribution in [0.2, 0.25) is 0 Å². The Bertz CT molecular complexity index is 504. The van der Waals surface area contributed by atoms with Crippen molar-refractivity contribution in [3.63, 3.8) is 0 Å². The number of nitro benzene ring substituents is 1. The summed E-state index contributed by atoms with van der Waals surface area (Å²) in [5.74, 6) is 0.473. The molecule has 1 unspecified atom stereocenters. The Labute approximate surface area is 117 Å². The molecule has 20 heavy (non-hydrogen) atoms. The van der Waals surface area contributed by atoms with Crippen molar-refractivity contribution in [3.05, 3.63) is 34.4 Å². The van der Waals surface area contributed by atoms with Crippen molar-refractivity contribution in [3.8, 4) is 0 Å². The van der Waals surface area contributed by atoms with Crippen LogP contribution in [0.4, 0.5) is 11.4 Å². The standard InChI is InChI=1S/C14H19N3O3/c1-11-5-4-8-16(9-11)10-14(18)15-12-6-2-3-7-13(12)17(19)20/h2-3,6-7,11H,4-5,8-10H2,1H3,(H,15,18)/p+1/t11-/m0/s1. The molecule has 6 nitrogen and oxygen atoms in total. The molecule has 0 bridgehead atoms. The predicted octanol–water partition coefficient (Wildman–Crippen LogP) is 0.848. The van der Waals surface area contributed by atoms with Gasteiger partial charge in [0.2, 0.25) is 0 Å². The molecule has 1 aromatic rings. The average Bonchev–Trinajstić information content (AvgIpc) is 2.38. The number of nitrogens with zero attached hydrogens (tertiary/aromatic N) is 1. The number of piperidine rings is 1. The maximum Gasteiger partial charge on any atom is 0.292 e. The lowest BCUT2D eigenvalue weighted by Crippen LogP contribution is -3.14. The summed E-state index contributed by atoms with van der Waals surface area (Å²) in [6.07, 6.45) is 2.35. The molecule has 0 spiro atoms. The quantitative estimate of drug-likeness (QED) is 0.633. The first-order valence-corrected chi connectivity index (χ1v) is 6.93. The molecule has 2 rings (SSSR count). The third-order valence-electron chi connectivity index (χ3n) is 3.65. The molecule has 6 heteroatoms. The lowest BCUT2D eigenvalue weighted by molar-refractivity contribution is -0.900. The van der Waals surface area contributed by atoms with E-state index in [1.54, 1.807) is 18.2 Å². The van der Waals surface area contributed by atoms with Crippen molar-refractivity contribution in [1.29, 1.82) is 0 Å². The number of amides is 1. The Morgan fingerprint density at radius 1 is 1.50 bits per heavy atom. The van der Waals surface area contributed by atoms with E-state index in [-0.39, 0.29) is 17.3 Å². The smallest absolute Gasteiger partial charge is 0.292 e. The van der Waals surface area contributed by atoms with Gasteiger partial charge in [0.25, 0.3) is 11.6 Å². The highest BCUT2D eigenvalue weighted by atomic mass is 16.6. The number of quaternary nitrogens is 1. The second-order valence-corrected chi connectivity index (χ2v) is 5.45. The van der Waals surface area contributed by atoms with Crippen LogP contribution in [0.25, 0.3) is 0 Å². The molecule has 2 N–H and O–H groups in total. The minimum Gasteiger partial charge on any atom is -0.327 e. The van der Waals surface area contributed by atoms with E-state index in [9.17, 15) is 14.9 Å². The minimum absolute atomic E-state index is 0.0668. The van der Waals surface area contributed by atoms with E-state index < -0.39 is 4.92 Å². The number of nitrogens with one attached hydrogen (secondary N) is 2. The second kappa shape index (κ2) is 6.47. The maximum atomic E-state index is 12.0. The van der Waals surface area contributed by atoms with Gasteiger partial charge in [-0.25, -0.2) is 0 Å². The van der Waals surface area contributed by atoms with Gasteiger partial charge in [-0.1, -0.05) is 19.1 Å². The molecule has 1 aliphatic rings. The van der Waals surface area contributed by atoms with Crippen molar-refractivity contribution in [2.24, 2.45) is 5.92 Å². The van der Waals surface area contributed by atoms with E-state index >= 15 is 0 Å². The van der Waals surface area contributed by atoms with Gasteiger partial charge in [0.1, 0.15) is 5.69 Å². The summed E-state index contributed by atoms with van der Waals surface area (Å²) in [6.45, 7) is 4.55. The van der Waals surface area contributed by atoms with E-state index in [2.05, 4.69) is 12.2 Å². The zero-order valence-corrected chi connectivity index (χ0v) is 11.6. The SMILES string of the molecule is C[C@H]1CCC[NH+](CC(=O)Nc2ccccc2[N+](=O)[O-])C1. The number of hydrogen-bond donors (Lipinski definition) is 2. The molecule has 1 aromatic carbocycles. The number of likely N-dealkylation sites (tertiary alicyclic amines) is 1. The van der Waals surface area contributed by atoms with Crippen molar-refractivity contribution in [1.82, 2.24) is 0 Å². The van der Waals surface area contributed by atoms with Crippen LogP contribution in [-0.2, 0) is 4.79 Å². The Morgan fingerprint density at radius 3 is 2.95 bits per heavy atom. The molecule has 108 valence electrons. The van der Waals surface area contributed by atoms with E-state index in [0.29, 0.717) is 12.5 Å². The van der Waals surface area contributed by atoms with Gasteiger partial charge in [-0.2, -0.15) is 0 Å². The Morgan fingerprint density at radius 2 is 2.25 bits per heavy atom. The Balaban J connectivity index is 1.96. The summed E-state index contributed by atoms with van der Waals surface area (Å²) in [7, 11) is 0. The van der Waals surface area contributed by atoms with Crippen LogP contribution >= 0.6 is 0 Å². The van der Waals surface area contributed by atoms with Crippen LogP contribution < -0.4 is 10.2 Å². The summed E-state index contributed by atoms with van der Waals surface area (Å²) in [4.78, 5) is 23.7. The van der Waals surface area contributed by atoms with Crippen molar-refractivity contribution in [2.45, 2.75) is 19.8 Å². The Hall–Kier alpha value is -1.95. The highest BCUT2D eigenvalue weighted by Crippen LogP contribution is 2.22. The number of hydrogen-bond acceptors (Lipinski definition) is 3. The molecule has 1 saturated heterocycles. The fourth-order valence-corrected chi connectivity index (χ4v) is 2.72. The highest BCUT2D eigenvalue weighted by Gasteiger charge is 2.23. The van der Waals surface area contributed by atoms with Crippen LogP contribution in [0, 0.1) is 16.0 Å². The van der Waals surface area contributed by atoms with Gasteiger partial charge in [0, 0.05) is 12.0 Å². The first-order valence-electron chi connectivity index (χ1n) is 6.93. The van der Waals surface area contributed by atoms with E-state index in [0.717, 1.165) is 19.5 Å². The number of para-hydroxylation sites is 2. The lowest BCUT2D eigenvalue weighted by atomic mass is 10.0. The minimum atomic E-state index is -0.481. The number of carbonyl (C=O) groups is 1. The monoisotopic (exact) mass is 278 g/mol. The highest BCUT2D eigenvalue weighted by molar-refractivity contribution is 5.93. The van der Waals surface area contributed by atoms with Crippen LogP contribution in [0.5, 0.6) is 0 Å².